The molecule has 1 aliphatic rings. The average molecular weight is 803 g/mol. The van der Waals surface area contributed by atoms with Crippen molar-refractivity contribution < 1.29 is 66.7 Å². The molecule has 0 radical (unpaired) electrons. The first-order valence-electron chi connectivity index (χ1n) is 19.4. The van der Waals surface area contributed by atoms with E-state index < -0.39 is 60.5 Å². The Morgan fingerprint density at radius 3 is 1.84 bits per heavy atom. The molecule has 0 saturated carbocycles. The van der Waals surface area contributed by atoms with E-state index in [0.717, 1.165) is 6.42 Å². The van der Waals surface area contributed by atoms with Crippen LogP contribution in [0.1, 0.15) is 101 Å². The molecule has 0 aromatic rings. The van der Waals surface area contributed by atoms with Gasteiger partial charge in [-0.25, -0.2) is 0 Å². The lowest BCUT2D eigenvalue weighted by Crippen LogP contribution is -2.66. The summed E-state index contributed by atoms with van der Waals surface area (Å²) < 4.78 is 39.5. The number of carbonyl (C=O) groups is 7. The number of hydrogen-bond acceptors (Lipinski definition) is 14. The zero-order valence-electron chi connectivity index (χ0n) is 34.7. The first kappa shape index (κ1) is 50.1. The van der Waals surface area contributed by atoms with Crippen LogP contribution in [0.15, 0.2) is 0 Å². The van der Waals surface area contributed by atoms with Crippen molar-refractivity contribution in [2.75, 3.05) is 52.7 Å². The Labute approximate surface area is 330 Å². The number of ether oxygens (including phenoxy) is 7. The summed E-state index contributed by atoms with van der Waals surface area (Å²) in [6.45, 7) is 16.3. The molecule has 7 unspecified atom stereocenters. The zero-order chi connectivity index (χ0) is 42.3. The van der Waals surface area contributed by atoms with E-state index in [1.54, 1.807) is 6.92 Å². The molecule has 0 aromatic carbocycles. The molecule has 322 valence electrons. The van der Waals surface area contributed by atoms with E-state index in [9.17, 15) is 33.6 Å². The van der Waals surface area contributed by atoms with Gasteiger partial charge in [0, 0.05) is 60.0 Å². The summed E-state index contributed by atoms with van der Waals surface area (Å²) in [5.74, 6) is -2.82. The standard InChI is InChI=1S/C38H66N4O14/c1-10-16-39-32(48)13-18-50-21-29(42-31(47)11-2)22-51-19-14-33(49)40-17-15-38(8,9)24(3)12-20-52-37-34(41-25(4)43)36(55-28(7)46)35(54-27(6)45)30(56-37)23-53-26(5)44/h24,29-30,34-37H,10-23H2,1-9H3,(H,39,48)(H,40,49)(H,41,43)(H,42,47). The molecule has 7 atom stereocenters. The summed E-state index contributed by atoms with van der Waals surface area (Å²) >= 11 is 0. The fraction of sp³-hybridized carbons (Fsp3) is 0.816. The van der Waals surface area contributed by atoms with Gasteiger partial charge in [0.15, 0.2) is 18.5 Å². The normalized spacial score (nSPS) is 20.5. The Balaban J connectivity index is 2.67. The van der Waals surface area contributed by atoms with Gasteiger partial charge >= 0.3 is 17.9 Å². The molecule has 0 bridgehead atoms. The van der Waals surface area contributed by atoms with Gasteiger partial charge in [0.2, 0.25) is 23.6 Å². The van der Waals surface area contributed by atoms with Gasteiger partial charge in [-0.3, -0.25) is 33.6 Å². The van der Waals surface area contributed by atoms with Crippen LogP contribution in [-0.2, 0) is 66.7 Å². The lowest BCUT2D eigenvalue weighted by Gasteiger charge is -2.45. The molecule has 1 heterocycles. The third-order valence-electron chi connectivity index (χ3n) is 9.17. The Hall–Kier alpha value is -3.87. The van der Waals surface area contributed by atoms with Crippen LogP contribution in [0.2, 0.25) is 0 Å². The van der Waals surface area contributed by atoms with Crippen molar-refractivity contribution in [1.82, 2.24) is 21.3 Å². The van der Waals surface area contributed by atoms with Crippen LogP contribution in [0.25, 0.3) is 0 Å². The molecule has 18 heteroatoms. The minimum absolute atomic E-state index is 0.0867. The van der Waals surface area contributed by atoms with Crippen LogP contribution in [0.3, 0.4) is 0 Å². The van der Waals surface area contributed by atoms with Gasteiger partial charge in [-0.2, -0.15) is 0 Å². The number of nitrogens with one attached hydrogen (secondary N) is 4. The van der Waals surface area contributed by atoms with Crippen LogP contribution in [-0.4, -0.2) is 131 Å². The van der Waals surface area contributed by atoms with E-state index in [1.165, 1.54) is 27.7 Å². The second-order valence-electron chi connectivity index (χ2n) is 14.5. The third kappa shape index (κ3) is 20.9. The molecule has 0 spiro atoms. The van der Waals surface area contributed by atoms with Crippen molar-refractivity contribution in [2.45, 2.75) is 138 Å². The summed E-state index contributed by atoms with van der Waals surface area (Å²) in [5.41, 5.74) is -0.239. The van der Waals surface area contributed by atoms with Gasteiger partial charge in [0.1, 0.15) is 18.8 Å². The maximum Gasteiger partial charge on any atom is 0.303 e. The lowest BCUT2D eigenvalue weighted by atomic mass is 9.76. The molecule has 1 fully saturated rings. The van der Waals surface area contributed by atoms with E-state index in [2.05, 4.69) is 35.1 Å². The highest BCUT2D eigenvalue weighted by Crippen LogP contribution is 2.33. The predicted molar refractivity (Wildman–Crippen MR) is 202 cm³/mol. The van der Waals surface area contributed by atoms with Crippen LogP contribution in [0.4, 0.5) is 0 Å². The van der Waals surface area contributed by atoms with Gasteiger partial charge in [-0.1, -0.05) is 34.6 Å². The second kappa shape index (κ2) is 26.9. The van der Waals surface area contributed by atoms with E-state index in [0.29, 0.717) is 32.4 Å². The summed E-state index contributed by atoms with van der Waals surface area (Å²) in [7, 11) is 0. The Kier molecular flexibility index (Phi) is 24.1. The van der Waals surface area contributed by atoms with Crippen molar-refractivity contribution in [3.8, 4) is 0 Å². The third-order valence-corrected chi connectivity index (χ3v) is 9.17. The molecule has 56 heavy (non-hydrogen) atoms. The van der Waals surface area contributed by atoms with Gasteiger partial charge < -0.3 is 54.4 Å². The first-order chi connectivity index (χ1) is 26.4. The average Bonchev–Trinajstić information content (AvgIpc) is 3.11. The van der Waals surface area contributed by atoms with Crippen molar-refractivity contribution in [3.63, 3.8) is 0 Å². The van der Waals surface area contributed by atoms with Crippen LogP contribution >= 0.6 is 0 Å². The van der Waals surface area contributed by atoms with E-state index >= 15 is 0 Å². The SMILES string of the molecule is CCCNC(=O)CCOCC(COCCC(=O)NCCC(C)(C)C(C)CCOC1OC(COC(C)=O)C(OC(C)=O)C(OC(C)=O)C1NC(C)=O)NC(=O)CC. The topological polar surface area (TPSA) is 232 Å². The molecule has 18 nitrogen and oxygen atoms in total. The molecule has 1 rings (SSSR count). The highest BCUT2D eigenvalue weighted by Gasteiger charge is 2.51. The van der Waals surface area contributed by atoms with Crippen molar-refractivity contribution >= 4 is 41.5 Å². The largest absolute Gasteiger partial charge is 0.463 e. The molecule has 0 aromatic heterocycles. The lowest BCUT2D eigenvalue weighted by molar-refractivity contribution is -0.278. The maximum absolute atomic E-state index is 12.6. The Morgan fingerprint density at radius 2 is 1.32 bits per heavy atom. The number of rotatable bonds is 27. The van der Waals surface area contributed by atoms with Gasteiger partial charge in [0.05, 0.1) is 39.1 Å². The summed E-state index contributed by atoms with van der Waals surface area (Å²) in [5, 5.41) is 11.2. The van der Waals surface area contributed by atoms with Crippen LogP contribution in [0, 0.1) is 11.3 Å². The molecule has 4 N–H and O–H groups in total. The monoisotopic (exact) mass is 802 g/mol. The first-order valence-corrected chi connectivity index (χ1v) is 19.4. The Morgan fingerprint density at radius 1 is 0.750 bits per heavy atom. The predicted octanol–water partition coefficient (Wildman–Crippen LogP) is 1.45. The minimum Gasteiger partial charge on any atom is -0.463 e. The van der Waals surface area contributed by atoms with Crippen molar-refractivity contribution in [2.24, 2.45) is 11.3 Å². The van der Waals surface area contributed by atoms with Crippen molar-refractivity contribution in [1.29, 1.82) is 0 Å². The fourth-order valence-electron chi connectivity index (χ4n) is 5.64. The maximum atomic E-state index is 12.6. The van der Waals surface area contributed by atoms with E-state index in [4.69, 9.17) is 33.2 Å². The summed E-state index contributed by atoms with van der Waals surface area (Å²) in [6, 6.07) is -1.48. The zero-order valence-corrected chi connectivity index (χ0v) is 34.7. The summed E-state index contributed by atoms with van der Waals surface area (Å²) in [4.78, 5) is 84.2. The molecular formula is C38H66N4O14. The Bertz CT molecular complexity index is 1260. The van der Waals surface area contributed by atoms with E-state index in [1.807, 2.05) is 13.8 Å². The molecular weight excluding hydrogens is 736 g/mol. The number of hydrogen-bond donors (Lipinski definition) is 4. The second-order valence-corrected chi connectivity index (χ2v) is 14.5. The van der Waals surface area contributed by atoms with Crippen LogP contribution in [0.5, 0.6) is 0 Å². The van der Waals surface area contributed by atoms with Gasteiger partial charge in [0.25, 0.3) is 0 Å². The fourth-order valence-corrected chi connectivity index (χ4v) is 5.64. The number of carbonyl (C=O) groups excluding carboxylic acids is 7. The molecule has 0 aliphatic carbocycles. The summed E-state index contributed by atoms with van der Waals surface area (Å²) in [6.07, 6.45) is -1.95. The highest BCUT2D eigenvalue weighted by atomic mass is 16.7. The van der Waals surface area contributed by atoms with Crippen LogP contribution < -0.4 is 21.3 Å². The number of amides is 4. The molecule has 1 aliphatic heterocycles. The van der Waals surface area contributed by atoms with E-state index in [-0.39, 0.29) is 81.5 Å². The highest BCUT2D eigenvalue weighted by molar-refractivity contribution is 5.77. The molecule has 4 amide bonds. The quantitative estimate of drug-likeness (QED) is 0.0524. The molecule has 1 saturated heterocycles. The number of esters is 3. The smallest absolute Gasteiger partial charge is 0.303 e. The van der Waals surface area contributed by atoms with Gasteiger partial charge in [-0.15, -0.1) is 0 Å². The van der Waals surface area contributed by atoms with Gasteiger partial charge in [-0.05, 0) is 30.6 Å². The minimum atomic E-state index is -1.21. The van der Waals surface area contributed by atoms with Crippen molar-refractivity contribution in [3.05, 3.63) is 0 Å².